The molecule has 4 heteroatoms. The molecule has 1 N–H and O–H groups in total. The van der Waals surface area contributed by atoms with Crippen LogP contribution in [0.4, 0.5) is 0 Å². The van der Waals surface area contributed by atoms with E-state index in [2.05, 4.69) is 17.1 Å². The number of halogens is 1. The van der Waals surface area contributed by atoms with E-state index in [0.29, 0.717) is 6.23 Å². The summed E-state index contributed by atoms with van der Waals surface area (Å²) in [6.07, 6.45) is 4.38. The third kappa shape index (κ3) is 2.80. The van der Waals surface area contributed by atoms with Gasteiger partial charge in [-0.15, -0.1) is 12.4 Å². The Bertz CT molecular complexity index is 110. The summed E-state index contributed by atoms with van der Waals surface area (Å²) in [6.45, 7) is 1.95. The number of rotatable bonds is 2. The highest BCUT2D eigenvalue weighted by Crippen LogP contribution is 2.30. The lowest BCUT2D eigenvalue weighted by Crippen LogP contribution is -2.25. The lowest BCUT2D eigenvalue weighted by molar-refractivity contribution is 0.0938. The van der Waals surface area contributed by atoms with Gasteiger partial charge in [0.25, 0.3) is 0 Å². The molecule has 0 spiro atoms. The van der Waals surface area contributed by atoms with Gasteiger partial charge in [-0.1, -0.05) is 0 Å². The summed E-state index contributed by atoms with van der Waals surface area (Å²) in [6, 6.07) is 0. The van der Waals surface area contributed by atoms with Gasteiger partial charge in [0, 0.05) is 11.8 Å². The number of nitrogens with one attached hydrogen (secondary N) is 1. The minimum atomic E-state index is 0. The molecule has 2 aliphatic heterocycles. The van der Waals surface area contributed by atoms with Crippen molar-refractivity contribution in [2.45, 2.75) is 30.7 Å². The lowest BCUT2D eigenvalue weighted by atomic mass is 10.2. The molecule has 2 atom stereocenters. The van der Waals surface area contributed by atoms with Crippen molar-refractivity contribution in [2.24, 2.45) is 0 Å². The topological polar surface area (TPSA) is 21.3 Å². The molecule has 72 valence electrons. The monoisotopic (exact) mass is 209 g/mol. The molecule has 2 saturated heterocycles. The quantitative estimate of drug-likeness (QED) is 0.747. The number of ether oxygens (including phenoxy) is 1. The molecule has 2 aliphatic rings. The minimum Gasteiger partial charge on any atom is -0.362 e. The number of hydrogen-bond acceptors (Lipinski definition) is 3. The van der Waals surface area contributed by atoms with E-state index in [0.717, 1.165) is 18.4 Å². The molecule has 2 nitrogen and oxygen atoms in total. The Morgan fingerprint density at radius 2 is 2.42 bits per heavy atom. The third-order valence-corrected chi connectivity index (χ3v) is 3.72. The van der Waals surface area contributed by atoms with Gasteiger partial charge in [0.2, 0.25) is 0 Å². The van der Waals surface area contributed by atoms with Gasteiger partial charge < -0.3 is 4.74 Å². The average molecular weight is 210 g/mol. The van der Waals surface area contributed by atoms with Crippen LogP contribution in [0.3, 0.4) is 0 Å². The highest BCUT2D eigenvalue weighted by atomic mass is 35.5. The molecule has 0 saturated carbocycles. The van der Waals surface area contributed by atoms with Crippen molar-refractivity contribution in [3.8, 4) is 0 Å². The molecule has 0 aromatic carbocycles. The average Bonchev–Trinajstić information content (AvgIpc) is 2.60. The van der Waals surface area contributed by atoms with E-state index in [9.17, 15) is 0 Å². The summed E-state index contributed by atoms with van der Waals surface area (Å²) in [5.41, 5.74) is 0. The van der Waals surface area contributed by atoms with Crippen molar-refractivity contribution in [1.29, 1.82) is 0 Å². The first-order valence-electron chi connectivity index (χ1n) is 4.42. The van der Waals surface area contributed by atoms with Crippen LogP contribution in [0.15, 0.2) is 0 Å². The number of thioether (sulfide) groups is 1. The van der Waals surface area contributed by atoms with Crippen LogP contribution in [-0.4, -0.2) is 30.4 Å². The molecule has 2 fully saturated rings. The van der Waals surface area contributed by atoms with Gasteiger partial charge >= 0.3 is 0 Å². The van der Waals surface area contributed by atoms with Crippen molar-refractivity contribution in [3.05, 3.63) is 0 Å². The molecule has 2 heterocycles. The minimum absolute atomic E-state index is 0. The maximum atomic E-state index is 5.49. The van der Waals surface area contributed by atoms with Crippen LogP contribution in [0.1, 0.15) is 19.3 Å². The molecular weight excluding hydrogens is 194 g/mol. The van der Waals surface area contributed by atoms with Crippen molar-refractivity contribution < 1.29 is 4.74 Å². The highest BCUT2D eigenvalue weighted by Gasteiger charge is 2.22. The molecule has 0 aliphatic carbocycles. The van der Waals surface area contributed by atoms with E-state index in [1.807, 2.05) is 0 Å². The van der Waals surface area contributed by atoms with Gasteiger partial charge in [0.05, 0.1) is 6.61 Å². The summed E-state index contributed by atoms with van der Waals surface area (Å²) in [5.74, 6) is 1.36. The first kappa shape index (κ1) is 10.6. The van der Waals surface area contributed by atoms with Gasteiger partial charge in [-0.3, -0.25) is 5.32 Å². The summed E-state index contributed by atoms with van der Waals surface area (Å²) in [7, 11) is 0. The molecule has 0 amide bonds. The van der Waals surface area contributed by atoms with E-state index >= 15 is 0 Å². The maximum absolute atomic E-state index is 5.49. The summed E-state index contributed by atoms with van der Waals surface area (Å²) < 4.78 is 5.49. The molecule has 2 unspecified atom stereocenters. The zero-order valence-electron chi connectivity index (χ0n) is 7.12. The van der Waals surface area contributed by atoms with Gasteiger partial charge in [-0.25, -0.2) is 0 Å². The van der Waals surface area contributed by atoms with Gasteiger partial charge in [0.1, 0.15) is 6.23 Å². The molecule has 2 rings (SSSR count). The van der Waals surface area contributed by atoms with Crippen molar-refractivity contribution >= 4 is 24.2 Å². The van der Waals surface area contributed by atoms with Crippen LogP contribution in [0.2, 0.25) is 0 Å². The van der Waals surface area contributed by atoms with Gasteiger partial charge in [-0.2, -0.15) is 11.8 Å². The molecular formula is C8H16ClNOS. The Labute approximate surface area is 84.2 Å². The fourth-order valence-corrected chi connectivity index (χ4v) is 3.01. The van der Waals surface area contributed by atoms with Gasteiger partial charge in [-0.05, 0) is 25.0 Å². The normalized spacial score (nSPS) is 35.0. The van der Waals surface area contributed by atoms with Crippen LogP contribution in [-0.2, 0) is 4.74 Å². The van der Waals surface area contributed by atoms with Crippen molar-refractivity contribution in [3.63, 3.8) is 0 Å². The molecule has 0 aromatic heterocycles. The lowest BCUT2D eigenvalue weighted by Gasteiger charge is -2.13. The molecule has 0 bridgehead atoms. The predicted molar refractivity (Wildman–Crippen MR) is 55.1 cm³/mol. The van der Waals surface area contributed by atoms with Crippen LogP contribution < -0.4 is 5.32 Å². The fraction of sp³-hybridized carbons (Fsp3) is 1.00. The number of hydrogen-bond donors (Lipinski definition) is 1. The maximum Gasteiger partial charge on any atom is 0.109 e. The highest BCUT2D eigenvalue weighted by molar-refractivity contribution is 8.00. The van der Waals surface area contributed by atoms with Crippen LogP contribution in [0.5, 0.6) is 0 Å². The first-order valence-corrected chi connectivity index (χ1v) is 5.46. The SMILES string of the molecule is C1CSC(CC2NCCO2)C1.Cl. The van der Waals surface area contributed by atoms with Crippen LogP contribution >= 0.6 is 24.2 Å². The zero-order chi connectivity index (χ0) is 7.52. The second kappa shape index (κ2) is 5.32. The standard InChI is InChI=1S/C8H15NOS.ClH/c1-2-7(11-5-1)6-8-9-3-4-10-8;/h7-9H,1-6H2;1H. The van der Waals surface area contributed by atoms with E-state index in [1.54, 1.807) is 0 Å². The second-order valence-corrected chi connectivity index (χ2v) is 4.59. The summed E-state index contributed by atoms with van der Waals surface area (Å²) in [4.78, 5) is 0. The summed E-state index contributed by atoms with van der Waals surface area (Å²) >= 11 is 2.11. The largest absolute Gasteiger partial charge is 0.362 e. The van der Waals surface area contributed by atoms with E-state index in [4.69, 9.17) is 4.74 Å². The van der Waals surface area contributed by atoms with Crippen molar-refractivity contribution in [2.75, 3.05) is 18.9 Å². The predicted octanol–water partition coefficient (Wildman–Crippen LogP) is 1.64. The first-order chi connectivity index (χ1) is 5.45. The Balaban J connectivity index is 0.000000720. The summed E-state index contributed by atoms with van der Waals surface area (Å²) in [5, 5.41) is 4.21. The molecule has 0 aromatic rings. The Kier molecular flexibility index (Phi) is 4.72. The fourth-order valence-electron chi connectivity index (χ4n) is 1.70. The Morgan fingerprint density at radius 1 is 1.50 bits per heavy atom. The van der Waals surface area contributed by atoms with E-state index < -0.39 is 0 Å². The van der Waals surface area contributed by atoms with E-state index in [1.165, 1.54) is 25.0 Å². The van der Waals surface area contributed by atoms with E-state index in [-0.39, 0.29) is 12.4 Å². The zero-order valence-corrected chi connectivity index (χ0v) is 8.76. The van der Waals surface area contributed by atoms with Crippen molar-refractivity contribution in [1.82, 2.24) is 5.32 Å². The second-order valence-electron chi connectivity index (χ2n) is 3.18. The molecule has 0 radical (unpaired) electrons. The Morgan fingerprint density at radius 3 is 3.00 bits per heavy atom. The Hall–Kier alpha value is 0.560. The smallest absolute Gasteiger partial charge is 0.109 e. The molecule has 12 heavy (non-hydrogen) atoms. The van der Waals surface area contributed by atoms with Gasteiger partial charge in [0.15, 0.2) is 0 Å². The van der Waals surface area contributed by atoms with Crippen LogP contribution in [0.25, 0.3) is 0 Å². The third-order valence-electron chi connectivity index (χ3n) is 2.29. The van der Waals surface area contributed by atoms with Crippen LogP contribution in [0, 0.1) is 0 Å².